The van der Waals surface area contributed by atoms with Crippen LogP contribution in [0.1, 0.15) is 53.9 Å². The molecule has 1 aliphatic rings. The molecule has 0 bridgehead atoms. The minimum absolute atomic E-state index is 0.0122. The fraction of sp³-hybridized carbons (Fsp3) is 0.385. The first kappa shape index (κ1) is 26.3. The van der Waals surface area contributed by atoms with Gasteiger partial charge in [0, 0.05) is 11.8 Å². The van der Waals surface area contributed by atoms with E-state index in [0.717, 1.165) is 30.2 Å². The Morgan fingerprint density at radius 2 is 1.86 bits per heavy atom. The number of benzene rings is 1. The number of aliphatic carboxylic acids is 1. The fourth-order valence-corrected chi connectivity index (χ4v) is 4.91. The van der Waals surface area contributed by atoms with Crippen molar-refractivity contribution in [3.8, 4) is 23.5 Å². The number of carbonyl (C=O) groups excluding carboxylic acids is 1. The van der Waals surface area contributed by atoms with Crippen LogP contribution in [0.4, 0.5) is 5.69 Å². The molecule has 1 aliphatic carbocycles. The molecular weight excluding hydrogens is 498 g/mol. The maximum absolute atomic E-state index is 13.0. The van der Waals surface area contributed by atoms with Crippen molar-refractivity contribution < 1.29 is 33.3 Å². The summed E-state index contributed by atoms with van der Waals surface area (Å²) in [5, 5.41) is 11.8. The number of rotatable bonds is 10. The number of carboxylic acids is 1. The molecule has 196 valence electrons. The Labute approximate surface area is 218 Å². The average molecular weight is 528 g/mol. The van der Waals surface area contributed by atoms with Crippen LogP contribution in [-0.2, 0) is 16.6 Å². The molecule has 0 saturated carbocycles. The van der Waals surface area contributed by atoms with Crippen LogP contribution < -0.4 is 19.5 Å². The lowest BCUT2D eigenvalue weighted by atomic mass is 9.86. The number of amides is 1. The number of aryl methyl sites for hydroxylation is 2. The van der Waals surface area contributed by atoms with Gasteiger partial charge in [-0.1, -0.05) is 31.7 Å². The predicted octanol–water partition coefficient (Wildman–Crippen LogP) is 5.23. The number of carbonyl (C=O) groups is 2. The van der Waals surface area contributed by atoms with Crippen LogP contribution in [0.25, 0.3) is 0 Å². The number of fused-ring (bicyclic) bond motifs is 1. The molecule has 11 heteroatoms. The summed E-state index contributed by atoms with van der Waals surface area (Å²) in [6, 6.07) is 7.30. The molecule has 0 spiro atoms. The van der Waals surface area contributed by atoms with Crippen LogP contribution >= 0.6 is 11.8 Å². The third-order valence-corrected chi connectivity index (χ3v) is 7.01. The smallest absolute Gasteiger partial charge is 0.304 e. The van der Waals surface area contributed by atoms with Crippen LogP contribution in [0, 0.1) is 6.92 Å². The van der Waals surface area contributed by atoms with Gasteiger partial charge in [0.05, 0.1) is 20.6 Å². The summed E-state index contributed by atoms with van der Waals surface area (Å²) in [6.07, 6.45) is 2.09. The minimum atomic E-state index is -0.924. The number of thioether (sulfide) groups is 1. The molecule has 2 heterocycles. The van der Waals surface area contributed by atoms with Gasteiger partial charge in [-0.2, -0.15) is 9.97 Å². The first-order chi connectivity index (χ1) is 17.6. The highest BCUT2D eigenvalue weighted by molar-refractivity contribution is 7.99. The van der Waals surface area contributed by atoms with Crippen molar-refractivity contribution >= 4 is 29.3 Å². The van der Waals surface area contributed by atoms with E-state index < -0.39 is 11.9 Å². The van der Waals surface area contributed by atoms with Crippen LogP contribution in [-0.4, -0.2) is 46.9 Å². The number of ether oxygens (including phenoxy) is 3. The summed E-state index contributed by atoms with van der Waals surface area (Å²) < 4.78 is 22.3. The van der Waals surface area contributed by atoms with Gasteiger partial charge in [0.15, 0.2) is 16.6 Å². The molecule has 2 N–H and O–H groups in total. The van der Waals surface area contributed by atoms with Gasteiger partial charge < -0.3 is 29.1 Å². The number of aromatic nitrogens is 2. The molecule has 3 aromatic rings. The van der Waals surface area contributed by atoms with Crippen molar-refractivity contribution in [2.75, 3.05) is 25.3 Å². The first-order valence-electron chi connectivity index (χ1n) is 11.7. The zero-order chi connectivity index (χ0) is 26.7. The Kier molecular flexibility index (Phi) is 7.63. The van der Waals surface area contributed by atoms with E-state index in [1.165, 1.54) is 31.4 Å². The second kappa shape index (κ2) is 10.7. The van der Waals surface area contributed by atoms with Crippen molar-refractivity contribution in [2.24, 2.45) is 0 Å². The molecule has 1 amide bonds. The summed E-state index contributed by atoms with van der Waals surface area (Å²) in [5.74, 6) is -0.218. The number of hydrogen-bond donors (Lipinski definition) is 2. The number of carboxylic acid groups (broad SMARTS) is 1. The number of anilines is 1. The molecule has 0 fully saturated rings. The third-order valence-electron chi connectivity index (χ3n) is 6.16. The van der Waals surface area contributed by atoms with Gasteiger partial charge in [-0.05, 0) is 54.0 Å². The van der Waals surface area contributed by atoms with Gasteiger partial charge in [0.1, 0.15) is 5.75 Å². The zero-order valence-corrected chi connectivity index (χ0v) is 22.2. The van der Waals surface area contributed by atoms with Gasteiger partial charge in [0.2, 0.25) is 11.8 Å². The van der Waals surface area contributed by atoms with Gasteiger partial charge in [-0.25, -0.2) is 0 Å². The van der Waals surface area contributed by atoms with E-state index in [4.69, 9.17) is 23.7 Å². The lowest BCUT2D eigenvalue weighted by Crippen LogP contribution is -2.14. The van der Waals surface area contributed by atoms with Crippen molar-refractivity contribution in [1.29, 1.82) is 0 Å². The van der Waals surface area contributed by atoms with Crippen LogP contribution in [0.2, 0.25) is 0 Å². The summed E-state index contributed by atoms with van der Waals surface area (Å²) >= 11 is 1.13. The van der Waals surface area contributed by atoms with Gasteiger partial charge in [-0.3, -0.25) is 9.59 Å². The number of nitrogens with zero attached hydrogens (tertiary/aromatic N) is 2. The van der Waals surface area contributed by atoms with Crippen LogP contribution in [0.5, 0.6) is 23.5 Å². The van der Waals surface area contributed by atoms with E-state index in [9.17, 15) is 9.59 Å². The molecule has 0 aliphatic heterocycles. The van der Waals surface area contributed by atoms with E-state index in [0.29, 0.717) is 5.75 Å². The summed E-state index contributed by atoms with van der Waals surface area (Å²) in [4.78, 5) is 32.2. The van der Waals surface area contributed by atoms with E-state index in [1.807, 2.05) is 6.92 Å². The minimum Gasteiger partial charge on any atom is -0.481 e. The van der Waals surface area contributed by atoms with E-state index in [1.54, 1.807) is 6.07 Å². The summed E-state index contributed by atoms with van der Waals surface area (Å²) in [5.41, 5.74) is 3.80. The first-order valence-corrected chi connectivity index (χ1v) is 12.7. The number of furan rings is 1. The standard InChI is InChI=1S/C26H29N3O7S/c1-14-12-15-8-10-26(2,3)16(15)13-18(14)36-20-7-6-17(35-20)22(32)27-21-23(33-4)28-25(29-24(21)34-5)37-11-9-19(30)31/h6-7,12-13H,8-11H2,1-5H3,(H,27,32)(H,30,31). The Morgan fingerprint density at radius 3 is 2.51 bits per heavy atom. The second-order valence-corrected chi connectivity index (χ2v) is 10.3. The molecule has 4 rings (SSSR count). The zero-order valence-electron chi connectivity index (χ0n) is 21.3. The SMILES string of the molecule is COc1nc(SCCC(=O)O)nc(OC)c1NC(=O)c1ccc(Oc2cc3c(cc2C)CCC3(C)C)o1. The van der Waals surface area contributed by atoms with Crippen molar-refractivity contribution in [2.45, 2.75) is 50.6 Å². The van der Waals surface area contributed by atoms with Crippen molar-refractivity contribution in [3.05, 3.63) is 46.7 Å². The maximum Gasteiger partial charge on any atom is 0.304 e. The Morgan fingerprint density at radius 1 is 1.16 bits per heavy atom. The average Bonchev–Trinajstić information content (AvgIpc) is 3.43. The lowest BCUT2D eigenvalue weighted by molar-refractivity contribution is -0.136. The largest absolute Gasteiger partial charge is 0.481 e. The van der Waals surface area contributed by atoms with Crippen LogP contribution in [0.15, 0.2) is 33.8 Å². The normalized spacial score (nSPS) is 13.6. The molecule has 0 atom stereocenters. The highest BCUT2D eigenvalue weighted by atomic mass is 32.2. The number of hydrogen-bond acceptors (Lipinski definition) is 9. The molecule has 1 aromatic carbocycles. The highest BCUT2D eigenvalue weighted by Gasteiger charge is 2.31. The summed E-state index contributed by atoms with van der Waals surface area (Å²) in [6.45, 7) is 6.43. The molecule has 10 nitrogen and oxygen atoms in total. The van der Waals surface area contributed by atoms with E-state index in [2.05, 4.69) is 41.3 Å². The van der Waals surface area contributed by atoms with Crippen molar-refractivity contribution in [1.82, 2.24) is 9.97 Å². The van der Waals surface area contributed by atoms with Crippen LogP contribution in [0.3, 0.4) is 0 Å². The number of nitrogens with one attached hydrogen (secondary N) is 1. The Hall–Kier alpha value is -3.73. The highest BCUT2D eigenvalue weighted by Crippen LogP contribution is 2.42. The predicted molar refractivity (Wildman–Crippen MR) is 137 cm³/mol. The quantitative estimate of drug-likeness (QED) is 0.267. The molecule has 0 saturated heterocycles. The Balaban J connectivity index is 1.50. The molecule has 2 aromatic heterocycles. The van der Waals surface area contributed by atoms with Gasteiger partial charge >= 0.3 is 5.97 Å². The monoisotopic (exact) mass is 527 g/mol. The molecular formula is C26H29N3O7S. The topological polar surface area (TPSA) is 133 Å². The molecule has 0 radical (unpaired) electrons. The van der Waals surface area contributed by atoms with Gasteiger partial charge in [-0.15, -0.1) is 0 Å². The summed E-state index contributed by atoms with van der Waals surface area (Å²) in [7, 11) is 2.78. The molecule has 37 heavy (non-hydrogen) atoms. The second-order valence-electron chi connectivity index (χ2n) is 9.23. The van der Waals surface area contributed by atoms with E-state index in [-0.39, 0.29) is 51.9 Å². The van der Waals surface area contributed by atoms with Gasteiger partial charge in [0.25, 0.3) is 11.9 Å². The molecule has 0 unspecified atom stereocenters. The lowest BCUT2D eigenvalue weighted by Gasteiger charge is -2.20. The Bertz CT molecular complexity index is 1310. The maximum atomic E-state index is 13.0. The van der Waals surface area contributed by atoms with Crippen molar-refractivity contribution in [3.63, 3.8) is 0 Å². The number of methoxy groups -OCH3 is 2. The van der Waals surface area contributed by atoms with E-state index >= 15 is 0 Å². The fourth-order valence-electron chi connectivity index (χ4n) is 4.16. The third kappa shape index (κ3) is 5.82.